The van der Waals surface area contributed by atoms with Crippen LogP contribution in [0.1, 0.15) is 10.4 Å². The summed E-state index contributed by atoms with van der Waals surface area (Å²) in [6.45, 7) is 0. The molecule has 0 aliphatic carbocycles. The van der Waals surface area contributed by atoms with E-state index < -0.39 is 11.7 Å². The van der Waals surface area contributed by atoms with Crippen LogP contribution >= 0.6 is 22.9 Å². The van der Waals surface area contributed by atoms with Crippen LogP contribution in [0.4, 0.5) is 18.9 Å². The second-order valence-corrected chi connectivity index (χ2v) is 5.33. The molecule has 1 aromatic heterocycles. The molecule has 0 amide bonds. The monoisotopic (exact) mass is 304 g/mol. The molecule has 0 saturated heterocycles. The lowest BCUT2D eigenvalue weighted by Gasteiger charge is -2.06. The topological polar surface area (TPSA) is 24.4 Å². The zero-order valence-electron chi connectivity index (χ0n) is 9.41. The zero-order valence-corrected chi connectivity index (χ0v) is 11.0. The first-order valence-corrected chi connectivity index (χ1v) is 6.36. The molecule has 0 bridgehead atoms. The van der Waals surface area contributed by atoms with Crippen molar-refractivity contribution in [1.29, 1.82) is 0 Å². The van der Waals surface area contributed by atoms with E-state index in [2.05, 4.69) is 10.5 Å². The third kappa shape index (κ3) is 3.97. The van der Waals surface area contributed by atoms with Crippen LogP contribution in [-0.4, -0.2) is 6.21 Å². The van der Waals surface area contributed by atoms with Gasteiger partial charge >= 0.3 is 6.18 Å². The molecule has 0 fully saturated rings. The lowest BCUT2D eigenvalue weighted by Crippen LogP contribution is -2.04. The van der Waals surface area contributed by atoms with Crippen molar-refractivity contribution in [1.82, 2.24) is 0 Å². The van der Waals surface area contributed by atoms with E-state index in [-0.39, 0.29) is 0 Å². The fourth-order valence-corrected chi connectivity index (χ4v) is 2.23. The van der Waals surface area contributed by atoms with Crippen LogP contribution in [-0.2, 0) is 6.18 Å². The molecular formula is C12H8ClF3N2S. The number of halogens is 4. The molecule has 2 rings (SSSR count). The van der Waals surface area contributed by atoms with E-state index >= 15 is 0 Å². The van der Waals surface area contributed by atoms with Crippen molar-refractivity contribution < 1.29 is 13.2 Å². The molecule has 0 aliphatic heterocycles. The molecule has 19 heavy (non-hydrogen) atoms. The van der Waals surface area contributed by atoms with Gasteiger partial charge in [-0.05, 0) is 36.4 Å². The fourth-order valence-electron chi connectivity index (χ4n) is 1.30. The Labute approximate surface area is 116 Å². The summed E-state index contributed by atoms with van der Waals surface area (Å²) in [5, 5.41) is 3.91. The minimum Gasteiger partial charge on any atom is -0.278 e. The maximum Gasteiger partial charge on any atom is 0.416 e. The van der Waals surface area contributed by atoms with Gasteiger partial charge in [-0.15, -0.1) is 11.3 Å². The van der Waals surface area contributed by atoms with Gasteiger partial charge < -0.3 is 0 Å². The number of benzene rings is 1. The number of thiophene rings is 1. The Bertz CT molecular complexity index is 575. The standard InChI is InChI=1S/C12H8ClF3N2S/c13-11-6-5-10(19-11)7-17-18-9-3-1-8(2-4-9)12(14,15)16/h1-7,18H/b17-7+. The number of hydrogen-bond donors (Lipinski definition) is 1. The van der Waals surface area contributed by atoms with Crippen LogP contribution in [0.25, 0.3) is 0 Å². The first-order chi connectivity index (χ1) is 8.95. The number of hydrazone groups is 1. The predicted molar refractivity (Wildman–Crippen MR) is 72.0 cm³/mol. The Balaban J connectivity index is 1.98. The van der Waals surface area contributed by atoms with Gasteiger partial charge in [0, 0.05) is 4.88 Å². The summed E-state index contributed by atoms with van der Waals surface area (Å²) in [7, 11) is 0. The average Bonchev–Trinajstić information content (AvgIpc) is 2.75. The third-order valence-corrected chi connectivity index (χ3v) is 3.36. The van der Waals surface area contributed by atoms with Gasteiger partial charge in [-0.25, -0.2) is 0 Å². The van der Waals surface area contributed by atoms with Crippen molar-refractivity contribution in [2.24, 2.45) is 5.10 Å². The largest absolute Gasteiger partial charge is 0.416 e. The van der Waals surface area contributed by atoms with Gasteiger partial charge in [0.1, 0.15) is 0 Å². The van der Waals surface area contributed by atoms with Crippen molar-refractivity contribution in [3.8, 4) is 0 Å². The Morgan fingerprint density at radius 3 is 2.32 bits per heavy atom. The number of anilines is 1. The van der Waals surface area contributed by atoms with Crippen LogP contribution in [0, 0.1) is 0 Å². The molecule has 0 aliphatic rings. The van der Waals surface area contributed by atoms with Crippen LogP contribution in [0.3, 0.4) is 0 Å². The third-order valence-electron chi connectivity index (χ3n) is 2.19. The molecule has 2 nitrogen and oxygen atoms in total. The molecule has 2 aromatic rings. The van der Waals surface area contributed by atoms with Gasteiger partial charge in [0.05, 0.1) is 21.8 Å². The normalized spacial score (nSPS) is 12.0. The van der Waals surface area contributed by atoms with Gasteiger partial charge in [-0.2, -0.15) is 18.3 Å². The number of hydrogen-bond acceptors (Lipinski definition) is 3. The lowest BCUT2D eigenvalue weighted by molar-refractivity contribution is -0.137. The van der Waals surface area contributed by atoms with E-state index in [0.717, 1.165) is 17.0 Å². The van der Waals surface area contributed by atoms with Crippen molar-refractivity contribution in [3.05, 3.63) is 51.2 Å². The summed E-state index contributed by atoms with van der Waals surface area (Å²) in [4.78, 5) is 0.851. The summed E-state index contributed by atoms with van der Waals surface area (Å²) in [6, 6.07) is 8.18. The van der Waals surface area contributed by atoms with Crippen molar-refractivity contribution in [3.63, 3.8) is 0 Å². The summed E-state index contributed by atoms with van der Waals surface area (Å²) >= 11 is 7.10. The minimum atomic E-state index is -4.32. The smallest absolute Gasteiger partial charge is 0.278 e. The molecule has 0 unspecified atom stereocenters. The van der Waals surface area contributed by atoms with Gasteiger partial charge in [-0.1, -0.05) is 11.6 Å². The summed E-state index contributed by atoms with van der Waals surface area (Å²) < 4.78 is 37.7. The van der Waals surface area contributed by atoms with Crippen molar-refractivity contribution in [2.45, 2.75) is 6.18 Å². The van der Waals surface area contributed by atoms with Crippen LogP contribution in [0.5, 0.6) is 0 Å². The molecule has 100 valence electrons. The van der Waals surface area contributed by atoms with E-state index in [9.17, 15) is 13.2 Å². The maximum atomic E-state index is 12.3. The highest BCUT2D eigenvalue weighted by atomic mass is 35.5. The maximum absolute atomic E-state index is 12.3. The molecule has 1 N–H and O–H groups in total. The van der Waals surface area contributed by atoms with Crippen LogP contribution in [0.15, 0.2) is 41.5 Å². The highest BCUT2D eigenvalue weighted by molar-refractivity contribution is 7.17. The highest BCUT2D eigenvalue weighted by Gasteiger charge is 2.29. The van der Waals surface area contributed by atoms with E-state index in [0.29, 0.717) is 10.0 Å². The first kappa shape index (κ1) is 13.9. The predicted octanol–water partition coefficient (Wildman–Crippen LogP) is 4.87. The Kier molecular flexibility index (Phi) is 4.11. The van der Waals surface area contributed by atoms with E-state index in [4.69, 9.17) is 11.6 Å². The van der Waals surface area contributed by atoms with Crippen LogP contribution in [0.2, 0.25) is 4.34 Å². The molecule has 1 heterocycles. The molecule has 0 spiro atoms. The summed E-state index contributed by atoms with van der Waals surface area (Å²) in [6.07, 6.45) is -2.77. The number of nitrogens with zero attached hydrogens (tertiary/aromatic N) is 1. The number of alkyl halides is 3. The van der Waals surface area contributed by atoms with Crippen molar-refractivity contribution in [2.75, 3.05) is 5.43 Å². The second-order valence-electron chi connectivity index (χ2n) is 3.59. The summed E-state index contributed by atoms with van der Waals surface area (Å²) in [5.74, 6) is 0. The first-order valence-electron chi connectivity index (χ1n) is 5.17. The number of nitrogens with one attached hydrogen (secondary N) is 1. The molecular weight excluding hydrogens is 297 g/mol. The van der Waals surface area contributed by atoms with Gasteiger partial charge in [-0.3, -0.25) is 5.43 Å². The van der Waals surface area contributed by atoms with Crippen molar-refractivity contribution >= 4 is 34.8 Å². The SMILES string of the molecule is FC(F)(F)c1ccc(N/N=C/c2ccc(Cl)s2)cc1. The van der Waals surface area contributed by atoms with Gasteiger partial charge in [0.25, 0.3) is 0 Å². The molecule has 0 radical (unpaired) electrons. The van der Waals surface area contributed by atoms with Gasteiger partial charge in [0.15, 0.2) is 0 Å². The Morgan fingerprint density at radius 2 is 1.79 bits per heavy atom. The highest BCUT2D eigenvalue weighted by Crippen LogP contribution is 2.29. The lowest BCUT2D eigenvalue weighted by atomic mass is 10.2. The average molecular weight is 305 g/mol. The molecule has 0 saturated carbocycles. The molecule has 1 aromatic carbocycles. The molecule has 0 atom stereocenters. The molecule has 7 heteroatoms. The summed E-state index contributed by atoms with van der Waals surface area (Å²) in [5.41, 5.74) is 2.44. The number of rotatable bonds is 3. The van der Waals surface area contributed by atoms with E-state index in [1.807, 2.05) is 0 Å². The fraction of sp³-hybridized carbons (Fsp3) is 0.0833. The Hall–Kier alpha value is -1.53. The Morgan fingerprint density at radius 1 is 1.11 bits per heavy atom. The van der Waals surface area contributed by atoms with Crippen LogP contribution < -0.4 is 5.43 Å². The zero-order chi connectivity index (χ0) is 13.9. The van der Waals surface area contributed by atoms with E-state index in [1.165, 1.54) is 23.5 Å². The minimum absolute atomic E-state index is 0.479. The van der Waals surface area contributed by atoms with Gasteiger partial charge in [0.2, 0.25) is 0 Å². The quantitative estimate of drug-likeness (QED) is 0.635. The second kappa shape index (κ2) is 5.63. The van der Waals surface area contributed by atoms with E-state index in [1.54, 1.807) is 18.3 Å².